The van der Waals surface area contributed by atoms with Crippen molar-refractivity contribution in [1.82, 2.24) is 0 Å². The molecule has 1 aromatic carbocycles. The predicted octanol–water partition coefficient (Wildman–Crippen LogP) is 3.96. The van der Waals surface area contributed by atoms with Gasteiger partial charge in [-0.3, -0.25) is 10.1 Å². The molecule has 0 atom stereocenters. The Labute approximate surface area is 129 Å². The lowest BCUT2D eigenvalue weighted by Crippen LogP contribution is -2.11. The van der Waals surface area contributed by atoms with Crippen molar-refractivity contribution in [3.8, 4) is 23.1 Å². The Bertz CT molecular complexity index is 698. The van der Waals surface area contributed by atoms with Crippen LogP contribution in [-0.4, -0.2) is 13.0 Å². The van der Waals surface area contributed by atoms with Crippen molar-refractivity contribution in [3.63, 3.8) is 0 Å². The average Bonchev–Trinajstić information content (AvgIpc) is 2.95. The Kier molecular flexibility index (Phi) is 5.21. The van der Waals surface area contributed by atoms with Gasteiger partial charge >= 0.3 is 0 Å². The summed E-state index contributed by atoms with van der Waals surface area (Å²) < 4.78 is 10.8. The topological polar surface area (TPSA) is 75.3 Å². The zero-order chi connectivity index (χ0) is 15.9. The fourth-order valence-corrected chi connectivity index (χ4v) is 2.01. The normalized spacial score (nSPS) is 10.0. The number of nitrogens with one attached hydrogen (secondary N) is 1. The fraction of sp³-hybridized carbons (Fsp3) is 0.294. The number of hydrogen-bond donors (Lipinski definition) is 1. The highest BCUT2D eigenvalue weighted by atomic mass is 16.5. The molecule has 1 N–H and O–H groups in total. The van der Waals surface area contributed by atoms with Crippen LogP contribution in [0.2, 0.25) is 0 Å². The first kappa shape index (κ1) is 15.6. The number of unbranched alkanes of at least 4 members (excludes halogenated alkanes) is 1. The molecule has 0 aliphatic carbocycles. The van der Waals surface area contributed by atoms with Crippen LogP contribution >= 0.6 is 0 Å². The van der Waals surface area contributed by atoms with Gasteiger partial charge < -0.3 is 9.15 Å². The van der Waals surface area contributed by atoms with Gasteiger partial charge in [0.1, 0.15) is 23.1 Å². The number of carbonyl (C=O) groups is 1. The van der Waals surface area contributed by atoms with Crippen molar-refractivity contribution in [1.29, 1.82) is 5.26 Å². The number of benzene rings is 1. The quantitative estimate of drug-likeness (QED) is 0.876. The SMILES string of the molecule is CCCCC(=O)Nc1oc(-c2cccc(OC)c2)cc1C#N. The average molecular weight is 298 g/mol. The summed E-state index contributed by atoms with van der Waals surface area (Å²) in [5, 5.41) is 11.8. The summed E-state index contributed by atoms with van der Waals surface area (Å²) in [5.41, 5.74) is 1.09. The van der Waals surface area contributed by atoms with E-state index in [1.807, 2.05) is 37.3 Å². The van der Waals surface area contributed by atoms with Crippen LogP contribution < -0.4 is 10.1 Å². The Morgan fingerprint density at radius 1 is 1.41 bits per heavy atom. The number of carbonyl (C=O) groups excluding carboxylic acids is 1. The van der Waals surface area contributed by atoms with E-state index >= 15 is 0 Å². The third-order valence-electron chi connectivity index (χ3n) is 3.22. The van der Waals surface area contributed by atoms with E-state index in [9.17, 15) is 10.1 Å². The Morgan fingerprint density at radius 2 is 2.23 bits per heavy atom. The van der Waals surface area contributed by atoms with Crippen molar-refractivity contribution in [2.75, 3.05) is 12.4 Å². The van der Waals surface area contributed by atoms with Gasteiger partial charge in [0, 0.05) is 18.1 Å². The second-order valence-corrected chi connectivity index (χ2v) is 4.85. The first-order valence-electron chi connectivity index (χ1n) is 7.16. The van der Waals surface area contributed by atoms with Gasteiger partial charge in [-0.25, -0.2) is 0 Å². The highest BCUT2D eigenvalue weighted by molar-refractivity contribution is 5.91. The number of ether oxygens (including phenoxy) is 1. The van der Waals surface area contributed by atoms with Gasteiger partial charge in [-0.2, -0.15) is 5.26 Å². The van der Waals surface area contributed by atoms with Gasteiger partial charge in [0.15, 0.2) is 0 Å². The van der Waals surface area contributed by atoms with E-state index in [1.54, 1.807) is 13.2 Å². The van der Waals surface area contributed by atoms with Crippen molar-refractivity contribution < 1.29 is 13.9 Å². The largest absolute Gasteiger partial charge is 0.497 e. The van der Waals surface area contributed by atoms with Crippen molar-refractivity contribution in [2.45, 2.75) is 26.2 Å². The summed E-state index contributed by atoms with van der Waals surface area (Å²) in [4.78, 5) is 11.8. The number of rotatable bonds is 6. The summed E-state index contributed by atoms with van der Waals surface area (Å²) in [6.07, 6.45) is 2.15. The molecule has 0 fully saturated rings. The molecule has 0 bridgehead atoms. The van der Waals surface area contributed by atoms with E-state index < -0.39 is 0 Å². The van der Waals surface area contributed by atoms with Crippen LogP contribution in [0.1, 0.15) is 31.7 Å². The van der Waals surface area contributed by atoms with Crippen LogP contribution in [0.25, 0.3) is 11.3 Å². The van der Waals surface area contributed by atoms with Crippen LogP contribution in [0, 0.1) is 11.3 Å². The van der Waals surface area contributed by atoms with Crippen LogP contribution in [-0.2, 0) is 4.79 Å². The van der Waals surface area contributed by atoms with E-state index in [4.69, 9.17) is 9.15 Å². The number of methoxy groups -OCH3 is 1. The van der Waals surface area contributed by atoms with Gasteiger partial charge in [-0.05, 0) is 18.6 Å². The molecule has 0 saturated carbocycles. The van der Waals surface area contributed by atoms with Crippen molar-refractivity contribution in [2.24, 2.45) is 0 Å². The fourth-order valence-electron chi connectivity index (χ4n) is 2.01. The van der Waals surface area contributed by atoms with E-state index in [1.165, 1.54) is 0 Å². The second kappa shape index (κ2) is 7.32. The van der Waals surface area contributed by atoms with Gasteiger partial charge in [0.2, 0.25) is 11.8 Å². The summed E-state index contributed by atoms with van der Waals surface area (Å²) in [5.74, 6) is 1.26. The van der Waals surface area contributed by atoms with Crippen LogP contribution in [0.3, 0.4) is 0 Å². The van der Waals surface area contributed by atoms with Gasteiger partial charge in [0.05, 0.1) is 7.11 Å². The molecule has 1 aromatic heterocycles. The minimum Gasteiger partial charge on any atom is -0.497 e. The Balaban J connectivity index is 2.24. The predicted molar refractivity (Wildman–Crippen MR) is 83.6 cm³/mol. The smallest absolute Gasteiger partial charge is 0.226 e. The molecule has 0 radical (unpaired) electrons. The maximum Gasteiger partial charge on any atom is 0.226 e. The minimum absolute atomic E-state index is 0.148. The molecular weight excluding hydrogens is 280 g/mol. The summed E-state index contributed by atoms with van der Waals surface area (Å²) in [7, 11) is 1.58. The van der Waals surface area contributed by atoms with Crippen LogP contribution in [0.15, 0.2) is 34.7 Å². The molecular formula is C17H18N2O3. The highest BCUT2D eigenvalue weighted by Crippen LogP contribution is 2.30. The summed E-state index contributed by atoms with van der Waals surface area (Å²) in [6, 6.07) is 11.0. The van der Waals surface area contributed by atoms with E-state index in [0.29, 0.717) is 23.5 Å². The third kappa shape index (κ3) is 3.67. The maximum atomic E-state index is 11.8. The first-order valence-corrected chi connectivity index (χ1v) is 7.16. The number of nitrogens with zero attached hydrogens (tertiary/aromatic N) is 1. The molecule has 1 heterocycles. The molecule has 0 aliphatic heterocycles. The van der Waals surface area contributed by atoms with E-state index in [0.717, 1.165) is 18.4 Å². The monoisotopic (exact) mass is 298 g/mol. The molecule has 1 amide bonds. The molecule has 114 valence electrons. The van der Waals surface area contributed by atoms with Gasteiger partial charge in [-0.1, -0.05) is 25.5 Å². The Morgan fingerprint density at radius 3 is 2.91 bits per heavy atom. The number of furan rings is 1. The lowest BCUT2D eigenvalue weighted by molar-refractivity contribution is -0.116. The number of hydrogen-bond acceptors (Lipinski definition) is 4. The molecule has 5 nitrogen and oxygen atoms in total. The summed E-state index contributed by atoms with van der Waals surface area (Å²) in [6.45, 7) is 2.02. The molecule has 5 heteroatoms. The molecule has 0 spiro atoms. The van der Waals surface area contributed by atoms with Crippen molar-refractivity contribution >= 4 is 11.8 Å². The lowest BCUT2D eigenvalue weighted by Gasteiger charge is -2.03. The highest BCUT2D eigenvalue weighted by Gasteiger charge is 2.15. The molecule has 2 rings (SSSR count). The standard InChI is InChI=1S/C17H18N2O3/c1-3-4-8-16(20)19-17-13(11-18)10-15(22-17)12-6-5-7-14(9-12)21-2/h5-7,9-10H,3-4,8H2,1-2H3,(H,19,20). The van der Waals surface area contributed by atoms with Gasteiger partial charge in [0.25, 0.3) is 0 Å². The summed E-state index contributed by atoms with van der Waals surface area (Å²) >= 11 is 0. The molecule has 0 aliphatic rings. The third-order valence-corrected chi connectivity index (χ3v) is 3.22. The maximum absolute atomic E-state index is 11.8. The van der Waals surface area contributed by atoms with Crippen LogP contribution in [0.5, 0.6) is 5.75 Å². The van der Waals surface area contributed by atoms with E-state index in [2.05, 4.69) is 5.32 Å². The molecule has 2 aromatic rings. The molecule has 22 heavy (non-hydrogen) atoms. The first-order chi connectivity index (χ1) is 10.7. The Hall–Kier alpha value is -2.74. The minimum atomic E-state index is -0.148. The van der Waals surface area contributed by atoms with E-state index in [-0.39, 0.29) is 11.8 Å². The number of nitriles is 1. The zero-order valence-corrected chi connectivity index (χ0v) is 12.7. The molecule has 0 saturated heterocycles. The lowest BCUT2D eigenvalue weighted by atomic mass is 10.1. The van der Waals surface area contributed by atoms with Gasteiger partial charge in [-0.15, -0.1) is 0 Å². The second-order valence-electron chi connectivity index (χ2n) is 4.85. The van der Waals surface area contributed by atoms with Crippen molar-refractivity contribution in [3.05, 3.63) is 35.9 Å². The number of amides is 1. The number of anilines is 1. The van der Waals surface area contributed by atoms with Crippen LogP contribution in [0.4, 0.5) is 5.88 Å². The zero-order valence-electron chi connectivity index (χ0n) is 12.7. The molecule has 0 unspecified atom stereocenters.